The number of aliphatic hydroxyl groups is 1. The first kappa shape index (κ1) is 16.8. The highest BCUT2D eigenvalue weighted by Crippen LogP contribution is 2.42. The second kappa shape index (κ2) is 5.92. The first-order valence-electron chi connectivity index (χ1n) is 6.18. The quantitative estimate of drug-likeness (QED) is 0.397. The lowest BCUT2D eigenvalue weighted by atomic mass is 10.1. The Hall–Kier alpha value is -1.55. The van der Waals surface area contributed by atoms with Crippen molar-refractivity contribution >= 4 is 13.4 Å². The second-order valence-corrected chi connectivity index (χ2v) is 6.36. The van der Waals surface area contributed by atoms with Gasteiger partial charge in [0.05, 0.1) is 0 Å². The zero-order chi connectivity index (χ0) is 16.5. The molecule has 5 N–H and O–H groups in total. The zero-order valence-corrected chi connectivity index (χ0v) is 12.3. The van der Waals surface area contributed by atoms with Crippen molar-refractivity contribution in [2.75, 3.05) is 12.1 Å². The standard InChI is InChI=1S/C11H16N3O7P/c1-2-11(20-6-22(17,18)19)5-7(15)9(21-11)14-4-3-8(12)13-10(14)16/h2-4,7,9,15H,1,5-6H2,(H2,12,13,16)(H2,17,18,19)/t7-,9-,11+/m1/s1. The zero-order valence-electron chi connectivity index (χ0n) is 11.4. The first-order chi connectivity index (χ1) is 10.2. The van der Waals surface area contributed by atoms with Crippen LogP contribution in [0.25, 0.3) is 0 Å². The fourth-order valence-corrected chi connectivity index (χ4v) is 2.45. The van der Waals surface area contributed by atoms with Crippen molar-refractivity contribution < 1.29 is 28.9 Å². The molecule has 11 heteroatoms. The van der Waals surface area contributed by atoms with E-state index >= 15 is 0 Å². The summed E-state index contributed by atoms with van der Waals surface area (Å²) in [5.74, 6) is -1.60. The molecule has 1 aromatic rings. The van der Waals surface area contributed by atoms with Crippen molar-refractivity contribution in [2.24, 2.45) is 0 Å². The highest BCUT2D eigenvalue weighted by molar-refractivity contribution is 7.51. The molecular weight excluding hydrogens is 317 g/mol. The van der Waals surface area contributed by atoms with Gasteiger partial charge >= 0.3 is 13.3 Å². The maximum absolute atomic E-state index is 11.8. The minimum atomic E-state index is -4.43. The minimum Gasteiger partial charge on any atom is -0.388 e. The molecule has 0 spiro atoms. The van der Waals surface area contributed by atoms with Gasteiger partial charge in [0.1, 0.15) is 11.9 Å². The van der Waals surface area contributed by atoms with Crippen LogP contribution in [0.15, 0.2) is 29.7 Å². The van der Waals surface area contributed by atoms with Gasteiger partial charge in [-0.25, -0.2) is 4.79 Å². The summed E-state index contributed by atoms with van der Waals surface area (Å²) in [7, 11) is -4.43. The normalized spacial score (nSPS) is 28.7. The van der Waals surface area contributed by atoms with Crippen LogP contribution in [0.5, 0.6) is 0 Å². The van der Waals surface area contributed by atoms with E-state index in [0.29, 0.717) is 0 Å². The summed E-state index contributed by atoms with van der Waals surface area (Å²) in [4.78, 5) is 33.0. The van der Waals surface area contributed by atoms with Gasteiger partial charge in [0, 0.05) is 12.6 Å². The predicted molar refractivity (Wildman–Crippen MR) is 74.6 cm³/mol. The fourth-order valence-electron chi connectivity index (χ4n) is 2.06. The predicted octanol–water partition coefficient (Wildman–Crippen LogP) is -0.861. The number of aliphatic hydroxyl groups excluding tert-OH is 1. The van der Waals surface area contributed by atoms with Gasteiger partial charge < -0.3 is 30.1 Å². The largest absolute Gasteiger partial charge is 0.388 e. The summed E-state index contributed by atoms with van der Waals surface area (Å²) < 4.78 is 22.4. The third kappa shape index (κ3) is 3.61. The lowest BCUT2D eigenvalue weighted by Gasteiger charge is -2.26. The van der Waals surface area contributed by atoms with Crippen LogP contribution in [-0.4, -0.2) is 42.7 Å². The Bertz CT molecular complexity index is 672. The number of anilines is 1. The van der Waals surface area contributed by atoms with E-state index in [2.05, 4.69) is 11.6 Å². The monoisotopic (exact) mass is 333 g/mol. The van der Waals surface area contributed by atoms with Crippen LogP contribution < -0.4 is 11.4 Å². The molecule has 0 unspecified atom stereocenters. The van der Waals surface area contributed by atoms with Gasteiger partial charge in [0.25, 0.3) is 0 Å². The molecule has 1 aliphatic rings. The van der Waals surface area contributed by atoms with Crippen LogP contribution >= 0.6 is 7.60 Å². The first-order valence-corrected chi connectivity index (χ1v) is 7.98. The Balaban J connectivity index is 2.24. The SMILES string of the molecule is C=C[C@@]1(OCP(=O)(O)O)C[C@@H](O)[C@H](n2ccc(N)nc2=O)O1. The van der Waals surface area contributed by atoms with E-state index in [4.69, 9.17) is 25.0 Å². The average molecular weight is 333 g/mol. The van der Waals surface area contributed by atoms with Crippen LogP contribution in [0.1, 0.15) is 12.6 Å². The molecule has 1 saturated heterocycles. The average Bonchev–Trinajstić information content (AvgIpc) is 2.74. The van der Waals surface area contributed by atoms with E-state index in [1.165, 1.54) is 18.3 Å². The number of hydrogen-bond donors (Lipinski definition) is 4. The number of ether oxygens (including phenoxy) is 2. The van der Waals surface area contributed by atoms with E-state index in [-0.39, 0.29) is 12.2 Å². The molecular formula is C11H16N3O7P. The molecule has 0 aliphatic carbocycles. The van der Waals surface area contributed by atoms with Crippen LogP contribution in [0.2, 0.25) is 0 Å². The van der Waals surface area contributed by atoms with Gasteiger partial charge in [-0.1, -0.05) is 6.58 Å². The van der Waals surface area contributed by atoms with Crippen molar-refractivity contribution in [3.05, 3.63) is 35.4 Å². The molecule has 0 amide bonds. The van der Waals surface area contributed by atoms with Gasteiger partial charge in [-0.3, -0.25) is 9.13 Å². The molecule has 2 rings (SSSR count). The van der Waals surface area contributed by atoms with Crippen LogP contribution in [0.3, 0.4) is 0 Å². The number of hydrogen-bond acceptors (Lipinski definition) is 7. The minimum absolute atomic E-state index is 0.0153. The third-order valence-corrected chi connectivity index (χ3v) is 3.52. The molecule has 1 aromatic heterocycles. The van der Waals surface area contributed by atoms with Gasteiger partial charge in [0.15, 0.2) is 18.4 Å². The number of nitrogens with two attached hydrogens (primary N) is 1. The Labute approximate surface area is 125 Å². The summed E-state index contributed by atoms with van der Waals surface area (Å²) in [6, 6.07) is 1.35. The van der Waals surface area contributed by atoms with Gasteiger partial charge in [0.2, 0.25) is 0 Å². The molecule has 10 nitrogen and oxygen atoms in total. The van der Waals surface area contributed by atoms with Crippen molar-refractivity contribution in [1.29, 1.82) is 0 Å². The lowest BCUT2D eigenvalue weighted by Crippen LogP contribution is -2.33. The Kier molecular flexibility index (Phi) is 4.52. The van der Waals surface area contributed by atoms with Crippen LogP contribution in [-0.2, 0) is 14.0 Å². The molecule has 3 atom stereocenters. The van der Waals surface area contributed by atoms with Gasteiger partial charge in [-0.15, -0.1) is 0 Å². The number of aromatic nitrogens is 2. The topological polar surface area (TPSA) is 157 Å². The highest BCUT2D eigenvalue weighted by Gasteiger charge is 2.47. The third-order valence-electron chi connectivity index (χ3n) is 3.06. The van der Waals surface area contributed by atoms with Gasteiger partial charge in [-0.05, 0) is 12.1 Å². The molecule has 122 valence electrons. The number of nitrogens with zero attached hydrogens (tertiary/aromatic N) is 2. The van der Waals surface area contributed by atoms with Crippen molar-refractivity contribution in [3.8, 4) is 0 Å². The Morgan fingerprint density at radius 1 is 1.68 bits per heavy atom. The molecule has 0 saturated carbocycles. The van der Waals surface area contributed by atoms with E-state index < -0.39 is 37.8 Å². The van der Waals surface area contributed by atoms with Crippen LogP contribution in [0, 0.1) is 0 Å². The van der Waals surface area contributed by atoms with Gasteiger partial charge in [-0.2, -0.15) is 4.98 Å². The highest BCUT2D eigenvalue weighted by atomic mass is 31.2. The summed E-state index contributed by atoms with van der Waals surface area (Å²) in [6.07, 6.45) is -0.915. The summed E-state index contributed by atoms with van der Waals surface area (Å²) in [5.41, 5.74) is 4.64. The summed E-state index contributed by atoms with van der Waals surface area (Å²) in [6.45, 7) is 3.48. The molecule has 22 heavy (non-hydrogen) atoms. The molecule has 1 aliphatic heterocycles. The van der Waals surface area contributed by atoms with E-state index in [0.717, 1.165) is 4.57 Å². The summed E-state index contributed by atoms with van der Waals surface area (Å²) in [5, 5.41) is 10.1. The van der Waals surface area contributed by atoms with Crippen molar-refractivity contribution in [3.63, 3.8) is 0 Å². The summed E-state index contributed by atoms with van der Waals surface area (Å²) >= 11 is 0. The molecule has 1 fully saturated rings. The van der Waals surface area contributed by atoms with E-state index in [1.807, 2.05) is 0 Å². The van der Waals surface area contributed by atoms with Crippen molar-refractivity contribution in [2.45, 2.75) is 24.5 Å². The fraction of sp³-hybridized carbons (Fsp3) is 0.455. The Morgan fingerprint density at radius 2 is 2.36 bits per heavy atom. The van der Waals surface area contributed by atoms with E-state index in [9.17, 15) is 14.5 Å². The molecule has 2 heterocycles. The molecule has 0 radical (unpaired) electrons. The second-order valence-electron chi connectivity index (χ2n) is 4.78. The molecule has 0 bridgehead atoms. The number of rotatable bonds is 5. The van der Waals surface area contributed by atoms with Crippen molar-refractivity contribution in [1.82, 2.24) is 9.55 Å². The smallest absolute Gasteiger partial charge is 0.351 e. The molecule has 0 aromatic carbocycles. The maximum atomic E-state index is 11.8. The maximum Gasteiger partial charge on any atom is 0.351 e. The Morgan fingerprint density at radius 3 is 2.91 bits per heavy atom. The van der Waals surface area contributed by atoms with Crippen LogP contribution in [0.4, 0.5) is 5.82 Å². The van der Waals surface area contributed by atoms with E-state index in [1.54, 1.807) is 0 Å². The number of nitrogen functional groups attached to an aromatic ring is 1. The lowest BCUT2D eigenvalue weighted by molar-refractivity contribution is -0.202.